The van der Waals surface area contributed by atoms with E-state index in [9.17, 15) is 26.3 Å². The molecule has 1 aromatic rings. The van der Waals surface area contributed by atoms with E-state index in [4.69, 9.17) is 5.73 Å². The molecule has 1 rings (SSSR count). The third-order valence-electron chi connectivity index (χ3n) is 2.28. The molecule has 0 aromatic heterocycles. The largest absolute Gasteiger partial charge is 0.573 e. The smallest absolute Gasteiger partial charge is 0.406 e. The quantitative estimate of drug-likeness (QED) is 0.836. The van der Waals surface area contributed by atoms with Gasteiger partial charge in [-0.25, -0.2) is 0 Å². The molecule has 0 saturated carbocycles. The van der Waals surface area contributed by atoms with Gasteiger partial charge in [-0.2, -0.15) is 13.2 Å². The Balaban J connectivity index is 0.00000361. The third kappa shape index (κ3) is 7.44. The van der Waals surface area contributed by atoms with Crippen LogP contribution in [0.3, 0.4) is 0 Å². The first kappa shape index (κ1) is 18.9. The van der Waals surface area contributed by atoms with Crippen LogP contribution < -0.4 is 10.5 Å². The molecule has 0 aliphatic heterocycles. The SMILES string of the molecule is Cl.N[C@@H](CCC(F)(F)F)c1ccc(OC(F)(F)F)cc1. The van der Waals surface area contributed by atoms with Crippen molar-refractivity contribution in [3.63, 3.8) is 0 Å². The summed E-state index contributed by atoms with van der Waals surface area (Å²) in [4.78, 5) is 0. The van der Waals surface area contributed by atoms with Crippen LogP contribution >= 0.6 is 12.4 Å². The summed E-state index contributed by atoms with van der Waals surface area (Å²) in [5.74, 6) is -0.445. The van der Waals surface area contributed by atoms with Gasteiger partial charge in [0.05, 0.1) is 0 Å². The van der Waals surface area contributed by atoms with Crippen LogP contribution in [0.2, 0.25) is 0 Å². The van der Waals surface area contributed by atoms with Gasteiger partial charge in [-0.1, -0.05) is 12.1 Å². The highest BCUT2D eigenvalue weighted by Gasteiger charge is 2.31. The Bertz CT molecular complexity index is 403. The van der Waals surface area contributed by atoms with E-state index in [1.807, 2.05) is 0 Å². The monoisotopic (exact) mass is 323 g/mol. The second-order valence-corrected chi connectivity index (χ2v) is 3.88. The highest BCUT2D eigenvalue weighted by atomic mass is 35.5. The predicted octanol–water partition coefficient (Wildman–Crippen LogP) is 4.35. The lowest BCUT2D eigenvalue weighted by Crippen LogP contribution is -2.18. The van der Waals surface area contributed by atoms with Crippen molar-refractivity contribution in [1.29, 1.82) is 0 Å². The van der Waals surface area contributed by atoms with Gasteiger partial charge in [0, 0.05) is 12.5 Å². The van der Waals surface area contributed by atoms with E-state index < -0.39 is 30.8 Å². The van der Waals surface area contributed by atoms with Crippen LogP contribution in [0.4, 0.5) is 26.3 Å². The van der Waals surface area contributed by atoms with Crippen LogP contribution in [-0.2, 0) is 0 Å². The molecule has 1 atom stereocenters. The molecular formula is C11H12ClF6NO. The summed E-state index contributed by atoms with van der Waals surface area (Å²) >= 11 is 0. The van der Waals surface area contributed by atoms with Gasteiger partial charge in [0.15, 0.2) is 0 Å². The maximum Gasteiger partial charge on any atom is 0.573 e. The van der Waals surface area contributed by atoms with Gasteiger partial charge < -0.3 is 10.5 Å². The van der Waals surface area contributed by atoms with Gasteiger partial charge in [-0.05, 0) is 24.1 Å². The third-order valence-corrected chi connectivity index (χ3v) is 2.28. The van der Waals surface area contributed by atoms with E-state index in [1.54, 1.807) is 0 Å². The number of alkyl halides is 6. The molecule has 0 spiro atoms. The molecule has 0 unspecified atom stereocenters. The Morgan fingerprint density at radius 2 is 1.50 bits per heavy atom. The molecule has 116 valence electrons. The van der Waals surface area contributed by atoms with Crippen molar-refractivity contribution in [2.24, 2.45) is 5.73 Å². The van der Waals surface area contributed by atoms with Crippen LogP contribution in [-0.4, -0.2) is 12.5 Å². The fraction of sp³-hybridized carbons (Fsp3) is 0.455. The maximum atomic E-state index is 12.0. The normalized spacial score (nSPS) is 13.6. The Labute approximate surface area is 117 Å². The van der Waals surface area contributed by atoms with Crippen molar-refractivity contribution in [2.45, 2.75) is 31.4 Å². The molecule has 2 N–H and O–H groups in total. The lowest BCUT2D eigenvalue weighted by Gasteiger charge is -2.14. The van der Waals surface area contributed by atoms with Crippen LogP contribution in [0.5, 0.6) is 5.75 Å². The summed E-state index contributed by atoms with van der Waals surface area (Å²) in [6, 6.07) is 3.55. The van der Waals surface area contributed by atoms with Crippen LogP contribution in [0, 0.1) is 0 Å². The van der Waals surface area contributed by atoms with Gasteiger partial charge in [-0.3, -0.25) is 0 Å². The summed E-state index contributed by atoms with van der Waals surface area (Å²) < 4.78 is 75.2. The van der Waals surface area contributed by atoms with E-state index in [-0.39, 0.29) is 18.8 Å². The molecule has 0 heterocycles. The fourth-order valence-electron chi connectivity index (χ4n) is 1.40. The summed E-state index contributed by atoms with van der Waals surface area (Å²) in [6.45, 7) is 0. The van der Waals surface area contributed by atoms with Gasteiger partial charge in [-0.15, -0.1) is 25.6 Å². The molecule has 9 heteroatoms. The van der Waals surface area contributed by atoms with E-state index >= 15 is 0 Å². The summed E-state index contributed by atoms with van der Waals surface area (Å²) in [6.07, 6.45) is -10.5. The van der Waals surface area contributed by atoms with Gasteiger partial charge in [0.2, 0.25) is 0 Å². The van der Waals surface area contributed by atoms with Crippen molar-refractivity contribution >= 4 is 12.4 Å². The van der Waals surface area contributed by atoms with E-state index in [0.717, 1.165) is 12.1 Å². The first-order valence-corrected chi connectivity index (χ1v) is 5.25. The maximum absolute atomic E-state index is 12.0. The van der Waals surface area contributed by atoms with Gasteiger partial charge in [0.25, 0.3) is 0 Å². The highest BCUT2D eigenvalue weighted by Crippen LogP contribution is 2.28. The summed E-state index contributed by atoms with van der Waals surface area (Å²) in [5, 5.41) is 0. The molecule has 0 amide bonds. The Hall–Kier alpha value is -1.15. The fourth-order valence-corrected chi connectivity index (χ4v) is 1.40. The Morgan fingerprint density at radius 3 is 1.90 bits per heavy atom. The molecule has 1 aromatic carbocycles. The summed E-state index contributed by atoms with van der Waals surface area (Å²) in [5.41, 5.74) is 5.83. The minimum Gasteiger partial charge on any atom is -0.406 e. The Morgan fingerprint density at radius 1 is 1.00 bits per heavy atom. The number of rotatable bonds is 4. The number of nitrogens with two attached hydrogens (primary N) is 1. The molecule has 0 fully saturated rings. The Kier molecular flexibility index (Phi) is 6.63. The van der Waals surface area contributed by atoms with Crippen molar-refractivity contribution in [2.75, 3.05) is 0 Å². The minimum absolute atomic E-state index is 0. The first-order valence-electron chi connectivity index (χ1n) is 5.25. The molecule has 0 aliphatic carbocycles. The average molecular weight is 324 g/mol. The number of ether oxygens (including phenoxy) is 1. The second-order valence-electron chi connectivity index (χ2n) is 3.88. The number of hydrogen-bond donors (Lipinski definition) is 1. The number of benzene rings is 1. The van der Waals surface area contributed by atoms with Crippen LogP contribution in [0.25, 0.3) is 0 Å². The lowest BCUT2D eigenvalue weighted by molar-refractivity contribution is -0.274. The predicted molar refractivity (Wildman–Crippen MR) is 62.6 cm³/mol. The van der Waals surface area contributed by atoms with Crippen LogP contribution in [0.1, 0.15) is 24.4 Å². The lowest BCUT2D eigenvalue weighted by atomic mass is 10.0. The van der Waals surface area contributed by atoms with Crippen LogP contribution in [0.15, 0.2) is 24.3 Å². The van der Waals surface area contributed by atoms with Gasteiger partial charge in [0.1, 0.15) is 5.75 Å². The molecule has 0 saturated heterocycles. The molecule has 2 nitrogen and oxygen atoms in total. The molecule has 20 heavy (non-hydrogen) atoms. The molecule has 0 aliphatic rings. The molecule has 0 bridgehead atoms. The highest BCUT2D eigenvalue weighted by molar-refractivity contribution is 5.85. The van der Waals surface area contributed by atoms with Crippen molar-refractivity contribution in [3.05, 3.63) is 29.8 Å². The van der Waals surface area contributed by atoms with Crippen molar-refractivity contribution < 1.29 is 31.1 Å². The molecule has 0 radical (unpaired) electrons. The minimum atomic E-state index is -4.81. The van der Waals surface area contributed by atoms with E-state index in [0.29, 0.717) is 5.56 Å². The van der Waals surface area contributed by atoms with Crippen molar-refractivity contribution in [1.82, 2.24) is 0 Å². The zero-order valence-electron chi connectivity index (χ0n) is 9.96. The van der Waals surface area contributed by atoms with Crippen molar-refractivity contribution in [3.8, 4) is 5.75 Å². The first-order chi connectivity index (χ1) is 8.57. The van der Waals surface area contributed by atoms with E-state index in [1.165, 1.54) is 12.1 Å². The van der Waals surface area contributed by atoms with Gasteiger partial charge >= 0.3 is 12.5 Å². The standard InChI is InChI=1S/C11H11F6NO.ClH/c12-10(13,14)6-5-9(18)7-1-3-8(4-2-7)19-11(15,16)17;/h1-4,9H,5-6,18H2;1H/t9-;/m0./s1. The number of halogens is 7. The summed E-state index contributed by atoms with van der Waals surface area (Å²) in [7, 11) is 0. The molecular weight excluding hydrogens is 312 g/mol. The second kappa shape index (κ2) is 7.03. The van der Waals surface area contributed by atoms with E-state index in [2.05, 4.69) is 4.74 Å². The topological polar surface area (TPSA) is 35.2 Å². The number of hydrogen-bond acceptors (Lipinski definition) is 2. The zero-order chi connectivity index (χ0) is 14.7. The zero-order valence-corrected chi connectivity index (χ0v) is 10.8. The average Bonchev–Trinajstić information content (AvgIpc) is 2.23.